The summed E-state index contributed by atoms with van der Waals surface area (Å²) in [6.07, 6.45) is 0.927. The number of hydrogen-bond acceptors (Lipinski definition) is 6. The van der Waals surface area contributed by atoms with Crippen LogP contribution in [0.5, 0.6) is 0 Å². The summed E-state index contributed by atoms with van der Waals surface area (Å²) in [7, 11) is 0. The van der Waals surface area contributed by atoms with E-state index in [-0.39, 0.29) is 35.7 Å². The van der Waals surface area contributed by atoms with Crippen molar-refractivity contribution in [2.45, 2.75) is 71.7 Å². The molecule has 1 aromatic rings. The van der Waals surface area contributed by atoms with Crippen molar-refractivity contribution in [1.29, 1.82) is 0 Å². The summed E-state index contributed by atoms with van der Waals surface area (Å²) in [4.78, 5) is 45.4. The minimum absolute atomic E-state index is 0.0495. The van der Waals surface area contributed by atoms with Crippen molar-refractivity contribution in [2.24, 2.45) is 5.41 Å². The molecule has 3 heterocycles. The predicted octanol–water partition coefficient (Wildman–Crippen LogP) is 2.32. The number of carbonyl (C=O) groups is 3. The number of fused-ring (bicyclic) bond motifs is 1. The van der Waals surface area contributed by atoms with E-state index in [1.54, 1.807) is 4.90 Å². The first-order chi connectivity index (χ1) is 16.5. The van der Waals surface area contributed by atoms with Crippen LogP contribution in [0.2, 0.25) is 0 Å². The molecule has 3 atom stereocenters. The van der Waals surface area contributed by atoms with Gasteiger partial charge in [0.05, 0.1) is 6.10 Å². The molecule has 1 unspecified atom stereocenters. The topological polar surface area (TPSA) is 82.2 Å². The number of Topliss-reactive ketones (excluding diaryl/α,β-unsaturated/α-hetero) is 1. The lowest BCUT2D eigenvalue weighted by Gasteiger charge is -2.38. The Morgan fingerprint density at radius 2 is 1.71 bits per heavy atom. The van der Waals surface area contributed by atoms with Gasteiger partial charge in [0, 0.05) is 50.0 Å². The van der Waals surface area contributed by atoms with Gasteiger partial charge in [-0.2, -0.15) is 0 Å². The van der Waals surface area contributed by atoms with E-state index in [1.165, 1.54) is 0 Å². The molecule has 1 N–H and O–H groups in total. The first-order valence-electron chi connectivity index (χ1n) is 12.9. The Labute approximate surface area is 209 Å². The molecule has 35 heavy (non-hydrogen) atoms. The molecule has 0 aromatic heterocycles. The van der Waals surface area contributed by atoms with Crippen LogP contribution in [0.15, 0.2) is 24.3 Å². The molecule has 1 aromatic carbocycles. The van der Waals surface area contributed by atoms with Gasteiger partial charge in [0.1, 0.15) is 18.7 Å². The van der Waals surface area contributed by atoms with Crippen molar-refractivity contribution >= 4 is 23.3 Å². The summed E-state index contributed by atoms with van der Waals surface area (Å²) >= 11 is 0. The highest BCUT2D eigenvalue weighted by Gasteiger charge is 2.48. The lowest BCUT2D eigenvalue weighted by Crippen LogP contribution is -2.53. The average molecular weight is 485 g/mol. The number of rotatable bonds is 6. The molecular formula is C27H40N4O4. The van der Waals surface area contributed by atoms with Crippen LogP contribution in [0.3, 0.4) is 0 Å². The van der Waals surface area contributed by atoms with E-state index in [2.05, 4.69) is 29.0 Å². The van der Waals surface area contributed by atoms with Gasteiger partial charge < -0.3 is 19.9 Å². The molecule has 192 valence electrons. The van der Waals surface area contributed by atoms with E-state index in [0.717, 1.165) is 31.9 Å². The number of nitrogens with one attached hydrogen (secondary N) is 1. The summed E-state index contributed by atoms with van der Waals surface area (Å²) in [5, 5.41) is 2.98. The first-order valence-corrected chi connectivity index (χ1v) is 12.9. The van der Waals surface area contributed by atoms with Crippen LogP contribution in [0.4, 0.5) is 5.69 Å². The predicted molar refractivity (Wildman–Crippen MR) is 136 cm³/mol. The molecule has 3 aliphatic heterocycles. The maximum absolute atomic E-state index is 13.5. The van der Waals surface area contributed by atoms with Crippen molar-refractivity contribution in [2.75, 3.05) is 44.2 Å². The van der Waals surface area contributed by atoms with Crippen LogP contribution in [0.25, 0.3) is 0 Å². The van der Waals surface area contributed by atoms with Crippen LogP contribution < -0.4 is 10.2 Å². The van der Waals surface area contributed by atoms with Gasteiger partial charge in [-0.3, -0.25) is 19.3 Å². The molecule has 3 saturated heterocycles. The maximum atomic E-state index is 13.5. The van der Waals surface area contributed by atoms with E-state index in [1.807, 2.05) is 45.0 Å². The molecule has 0 saturated carbocycles. The van der Waals surface area contributed by atoms with Crippen molar-refractivity contribution in [3.8, 4) is 0 Å². The fourth-order valence-electron chi connectivity index (χ4n) is 5.42. The highest BCUT2D eigenvalue weighted by molar-refractivity contribution is 5.99. The smallest absolute Gasteiger partial charge is 0.251 e. The third-order valence-corrected chi connectivity index (χ3v) is 7.35. The molecule has 8 nitrogen and oxygen atoms in total. The summed E-state index contributed by atoms with van der Waals surface area (Å²) in [5.74, 6) is -0.515. The molecule has 2 amide bonds. The Morgan fingerprint density at radius 1 is 1.06 bits per heavy atom. The average Bonchev–Trinajstić information content (AvgIpc) is 3.40. The second-order valence-corrected chi connectivity index (χ2v) is 11.5. The number of anilines is 1. The molecular weight excluding hydrogens is 444 g/mol. The number of piperazine rings is 1. The molecule has 8 heteroatoms. The number of likely N-dealkylation sites (tertiary alicyclic amines) is 1. The molecule has 0 spiro atoms. The normalized spacial score (nSPS) is 24.1. The highest BCUT2D eigenvalue weighted by atomic mass is 16.5. The van der Waals surface area contributed by atoms with Crippen LogP contribution in [-0.2, 0) is 14.3 Å². The fourth-order valence-corrected chi connectivity index (χ4v) is 5.42. The molecule has 4 rings (SSSR count). The zero-order chi connectivity index (χ0) is 25.3. The van der Waals surface area contributed by atoms with Crippen molar-refractivity contribution in [1.82, 2.24) is 15.1 Å². The Kier molecular flexibility index (Phi) is 7.52. The largest absolute Gasteiger partial charge is 0.369 e. The SMILES string of the molecule is CC(C)N1CCN(c2ccc(C(=O)NC(CC(C)(C)C)C(=O)N3CC[C@H]4OCC(=O)[C@H]43)cc2)CC1. The van der Waals surface area contributed by atoms with Gasteiger partial charge in [0.2, 0.25) is 5.91 Å². The minimum atomic E-state index is -0.696. The zero-order valence-electron chi connectivity index (χ0n) is 21.8. The molecule has 3 aliphatic rings. The van der Waals surface area contributed by atoms with Crippen LogP contribution >= 0.6 is 0 Å². The van der Waals surface area contributed by atoms with Gasteiger partial charge in [-0.1, -0.05) is 20.8 Å². The number of ketones is 1. The number of nitrogens with zero attached hydrogens (tertiary/aromatic N) is 3. The van der Waals surface area contributed by atoms with Gasteiger partial charge in [-0.15, -0.1) is 0 Å². The Bertz CT molecular complexity index is 931. The molecule has 3 fully saturated rings. The summed E-state index contributed by atoms with van der Waals surface area (Å²) in [6.45, 7) is 15.1. The molecule has 0 aliphatic carbocycles. The summed E-state index contributed by atoms with van der Waals surface area (Å²) in [5.41, 5.74) is 1.46. The third-order valence-electron chi connectivity index (χ3n) is 7.35. The maximum Gasteiger partial charge on any atom is 0.251 e. The first kappa shape index (κ1) is 25.6. The zero-order valence-corrected chi connectivity index (χ0v) is 21.8. The quantitative estimate of drug-likeness (QED) is 0.667. The summed E-state index contributed by atoms with van der Waals surface area (Å²) in [6, 6.07) is 6.98. The Balaban J connectivity index is 1.42. The minimum Gasteiger partial charge on any atom is -0.369 e. The van der Waals surface area contributed by atoms with Gasteiger partial charge >= 0.3 is 0 Å². The number of ether oxygens (including phenoxy) is 1. The number of amides is 2. The van der Waals surface area contributed by atoms with Crippen molar-refractivity contribution in [3.05, 3.63) is 29.8 Å². The van der Waals surface area contributed by atoms with Crippen molar-refractivity contribution < 1.29 is 19.1 Å². The number of hydrogen-bond donors (Lipinski definition) is 1. The van der Waals surface area contributed by atoms with Crippen molar-refractivity contribution in [3.63, 3.8) is 0 Å². The van der Waals surface area contributed by atoms with E-state index in [0.29, 0.717) is 31.0 Å². The number of carbonyl (C=O) groups excluding carboxylic acids is 3. The van der Waals surface area contributed by atoms with Crippen LogP contribution in [0.1, 0.15) is 57.8 Å². The van der Waals surface area contributed by atoms with Gasteiger partial charge in [0.25, 0.3) is 5.91 Å². The highest BCUT2D eigenvalue weighted by Crippen LogP contribution is 2.30. The molecule has 0 radical (unpaired) electrons. The molecule has 0 bridgehead atoms. The third kappa shape index (κ3) is 5.86. The van der Waals surface area contributed by atoms with Gasteiger partial charge in [-0.05, 0) is 56.4 Å². The second-order valence-electron chi connectivity index (χ2n) is 11.5. The van der Waals surface area contributed by atoms with E-state index in [4.69, 9.17) is 4.74 Å². The van der Waals surface area contributed by atoms with E-state index < -0.39 is 12.1 Å². The lowest BCUT2D eigenvalue weighted by atomic mass is 9.87. The summed E-state index contributed by atoms with van der Waals surface area (Å²) < 4.78 is 5.54. The number of benzene rings is 1. The second kappa shape index (κ2) is 10.3. The monoisotopic (exact) mass is 484 g/mol. The standard InChI is InChI=1S/C27H40N4O4/c1-18(2)29-12-14-30(15-13-29)20-8-6-19(7-9-20)25(33)28-21(16-27(3,4)5)26(34)31-11-10-23-24(31)22(32)17-35-23/h6-9,18,21,23-24H,10-17H2,1-5H3,(H,28,33)/t21?,23-,24-/m1/s1. The van der Waals surface area contributed by atoms with Gasteiger partial charge in [-0.25, -0.2) is 0 Å². The van der Waals surface area contributed by atoms with E-state index in [9.17, 15) is 14.4 Å². The Hall–Kier alpha value is -2.45. The van der Waals surface area contributed by atoms with Gasteiger partial charge in [0.15, 0.2) is 5.78 Å². The Morgan fingerprint density at radius 3 is 2.31 bits per heavy atom. The van der Waals surface area contributed by atoms with E-state index >= 15 is 0 Å². The van der Waals surface area contributed by atoms with Crippen LogP contribution in [0, 0.1) is 5.41 Å². The fraction of sp³-hybridized carbons (Fsp3) is 0.667. The lowest BCUT2D eigenvalue weighted by molar-refractivity contribution is -0.138. The van der Waals surface area contributed by atoms with Crippen LogP contribution in [-0.4, -0.2) is 91.0 Å².